The van der Waals surface area contributed by atoms with Gasteiger partial charge >= 0.3 is 5.97 Å². The first kappa shape index (κ1) is 22.8. The van der Waals surface area contributed by atoms with E-state index in [1.165, 1.54) is 9.21 Å². The third-order valence-corrected chi connectivity index (χ3v) is 6.74. The third-order valence-electron chi connectivity index (χ3n) is 4.70. The quantitative estimate of drug-likeness (QED) is 0.560. The van der Waals surface area contributed by atoms with Crippen molar-refractivity contribution in [2.75, 3.05) is 33.8 Å². The summed E-state index contributed by atoms with van der Waals surface area (Å²) in [6.07, 6.45) is 0.390. The number of likely N-dealkylation sites (N-methyl/N-ethyl adjacent to an activating group) is 1. The molecule has 29 heavy (non-hydrogen) atoms. The fraction of sp³-hybridized carbons (Fsp3) is 0.526. The van der Waals surface area contributed by atoms with Crippen LogP contribution < -0.4 is 0 Å². The lowest BCUT2D eigenvalue weighted by Crippen LogP contribution is -2.30. The zero-order valence-corrected chi connectivity index (χ0v) is 18.3. The van der Waals surface area contributed by atoms with E-state index in [0.29, 0.717) is 30.9 Å². The average Bonchev–Trinajstić information content (AvgIpc) is 3.00. The first-order valence-electron chi connectivity index (χ1n) is 9.43. The van der Waals surface area contributed by atoms with Gasteiger partial charge in [-0.15, -0.1) is 0 Å². The fourth-order valence-corrected chi connectivity index (χ4v) is 4.36. The summed E-state index contributed by atoms with van der Waals surface area (Å²) in [5.41, 5.74) is 1.32. The fourth-order valence-electron chi connectivity index (χ4n) is 2.88. The predicted octanol–water partition coefficient (Wildman–Crippen LogP) is 1.17. The molecule has 1 amide bonds. The lowest BCUT2D eigenvalue weighted by molar-refractivity contribution is -0.151. The van der Waals surface area contributed by atoms with E-state index in [2.05, 4.69) is 4.98 Å². The lowest BCUT2D eigenvalue weighted by Gasteiger charge is -2.18. The molecule has 160 valence electrons. The van der Waals surface area contributed by atoms with Crippen molar-refractivity contribution in [1.82, 2.24) is 18.8 Å². The van der Waals surface area contributed by atoms with Gasteiger partial charge in [-0.05, 0) is 18.2 Å². The molecule has 0 aliphatic rings. The van der Waals surface area contributed by atoms with Crippen LogP contribution in [-0.2, 0) is 37.8 Å². The van der Waals surface area contributed by atoms with Crippen molar-refractivity contribution < 1.29 is 22.7 Å². The second kappa shape index (κ2) is 9.36. The molecule has 0 atom stereocenters. The smallest absolute Gasteiger partial charge is 0.306 e. The highest BCUT2D eigenvalue weighted by molar-refractivity contribution is 7.89. The molecule has 9 nitrogen and oxygen atoms in total. The Hall–Kier alpha value is -2.46. The van der Waals surface area contributed by atoms with Crippen molar-refractivity contribution in [1.29, 1.82) is 0 Å². The molecule has 2 rings (SSSR count). The Bertz CT molecular complexity index is 993. The number of rotatable bonds is 9. The van der Waals surface area contributed by atoms with E-state index >= 15 is 0 Å². The Morgan fingerprint density at radius 3 is 2.41 bits per heavy atom. The van der Waals surface area contributed by atoms with Gasteiger partial charge in [0.05, 0.1) is 22.3 Å². The molecule has 0 spiro atoms. The number of amides is 1. The van der Waals surface area contributed by atoms with Gasteiger partial charge < -0.3 is 14.2 Å². The van der Waals surface area contributed by atoms with E-state index in [1.807, 2.05) is 11.6 Å². The molecule has 1 aromatic heterocycles. The van der Waals surface area contributed by atoms with Gasteiger partial charge in [-0.25, -0.2) is 13.4 Å². The van der Waals surface area contributed by atoms with Crippen LogP contribution in [0.15, 0.2) is 23.1 Å². The van der Waals surface area contributed by atoms with Crippen molar-refractivity contribution in [2.24, 2.45) is 7.05 Å². The molecular formula is C19H28N4O5S. The number of carbonyl (C=O) groups excluding carboxylic acids is 2. The van der Waals surface area contributed by atoms with Crippen LogP contribution in [0.1, 0.15) is 26.1 Å². The van der Waals surface area contributed by atoms with Crippen LogP contribution in [0.5, 0.6) is 0 Å². The Labute approximate surface area is 171 Å². The summed E-state index contributed by atoms with van der Waals surface area (Å²) in [5.74, 6) is -0.145. The molecule has 0 fully saturated rings. The third kappa shape index (κ3) is 5.13. The summed E-state index contributed by atoms with van der Waals surface area (Å²) in [4.78, 5) is 29.4. The van der Waals surface area contributed by atoms with Gasteiger partial charge in [-0.3, -0.25) is 9.59 Å². The molecule has 0 saturated heterocycles. The van der Waals surface area contributed by atoms with E-state index in [9.17, 15) is 18.0 Å². The maximum atomic E-state index is 12.7. The maximum absolute atomic E-state index is 12.7. The Morgan fingerprint density at radius 2 is 1.83 bits per heavy atom. The minimum Gasteiger partial charge on any atom is -0.456 e. The van der Waals surface area contributed by atoms with Gasteiger partial charge in [0.25, 0.3) is 5.91 Å². The molecule has 0 saturated carbocycles. The summed E-state index contributed by atoms with van der Waals surface area (Å²) >= 11 is 0. The van der Waals surface area contributed by atoms with Crippen molar-refractivity contribution in [3.8, 4) is 0 Å². The van der Waals surface area contributed by atoms with E-state index in [0.717, 1.165) is 5.52 Å². The first-order chi connectivity index (χ1) is 13.6. The Morgan fingerprint density at radius 1 is 1.17 bits per heavy atom. The second-order valence-electron chi connectivity index (χ2n) is 6.78. The van der Waals surface area contributed by atoms with Crippen LogP contribution in [-0.4, -0.2) is 72.8 Å². The number of nitrogens with zero attached hydrogens (tertiary/aromatic N) is 4. The van der Waals surface area contributed by atoms with E-state index in [-0.39, 0.29) is 23.8 Å². The number of hydrogen-bond acceptors (Lipinski definition) is 6. The first-order valence-corrected chi connectivity index (χ1v) is 10.9. The van der Waals surface area contributed by atoms with Crippen LogP contribution in [0.4, 0.5) is 0 Å². The summed E-state index contributed by atoms with van der Waals surface area (Å²) in [7, 11) is 1.41. The largest absolute Gasteiger partial charge is 0.456 e. The normalized spacial score (nSPS) is 11.8. The zero-order valence-electron chi connectivity index (χ0n) is 17.5. The molecule has 2 aromatic rings. The second-order valence-corrected chi connectivity index (χ2v) is 8.71. The van der Waals surface area contributed by atoms with Crippen LogP contribution >= 0.6 is 0 Å². The number of hydrogen-bond donors (Lipinski definition) is 0. The number of aryl methyl sites for hydroxylation is 2. The van der Waals surface area contributed by atoms with E-state index < -0.39 is 16.0 Å². The Kier molecular flexibility index (Phi) is 7.37. The SMILES string of the molecule is CCN(CC)S(=O)(=O)c1ccc2c(c1)nc(CCC(=O)OCC(=O)N(C)C)n2C. The number of ether oxygens (including phenoxy) is 1. The van der Waals surface area contributed by atoms with Gasteiger partial charge in [0.15, 0.2) is 6.61 Å². The number of imidazole rings is 1. The van der Waals surface area contributed by atoms with E-state index in [1.54, 1.807) is 46.1 Å². The summed E-state index contributed by atoms with van der Waals surface area (Å²) < 4.78 is 33.6. The molecule has 1 aromatic carbocycles. The van der Waals surface area contributed by atoms with Crippen LogP contribution in [0.3, 0.4) is 0 Å². The average molecular weight is 425 g/mol. The van der Waals surface area contributed by atoms with Gasteiger partial charge in [-0.1, -0.05) is 13.8 Å². The number of aromatic nitrogens is 2. The molecule has 0 bridgehead atoms. The number of sulfonamides is 1. The lowest BCUT2D eigenvalue weighted by atomic mass is 10.3. The predicted molar refractivity (Wildman–Crippen MR) is 109 cm³/mol. The van der Waals surface area contributed by atoms with Gasteiger partial charge in [0.1, 0.15) is 5.82 Å². The highest BCUT2D eigenvalue weighted by atomic mass is 32.2. The van der Waals surface area contributed by atoms with Crippen molar-refractivity contribution >= 4 is 32.9 Å². The van der Waals surface area contributed by atoms with E-state index in [4.69, 9.17) is 4.74 Å². The van der Waals surface area contributed by atoms with Crippen molar-refractivity contribution in [3.05, 3.63) is 24.0 Å². The highest BCUT2D eigenvalue weighted by Gasteiger charge is 2.23. The van der Waals surface area contributed by atoms with Crippen LogP contribution in [0, 0.1) is 0 Å². The molecule has 10 heteroatoms. The minimum absolute atomic E-state index is 0.0719. The molecule has 0 aliphatic carbocycles. The molecular weight excluding hydrogens is 396 g/mol. The summed E-state index contributed by atoms with van der Waals surface area (Å²) in [6.45, 7) is 4.08. The maximum Gasteiger partial charge on any atom is 0.306 e. The standard InChI is InChI=1S/C19H28N4O5S/c1-6-23(7-2)29(26,27)14-8-9-16-15(12-14)20-17(22(16)5)10-11-19(25)28-13-18(24)21(3)4/h8-9,12H,6-7,10-11,13H2,1-5H3. The monoisotopic (exact) mass is 424 g/mol. The van der Waals surface area contributed by atoms with Crippen molar-refractivity contribution in [3.63, 3.8) is 0 Å². The van der Waals surface area contributed by atoms with Gasteiger partial charge in [-0.2, -0.15) is 4.31 Å². The highest BCUT2D eigenvalue weighted by Crippen LogP contribution is 2.22. The summed E-state index contributed by atoms with van der Waals surface area (Å²) in [5, 5.41) is 0. The number of esters is 1. The van der Waals surface area contributed by atoms with Crippen molar-refractivity contribution in [2.45, 2.75) is 31.6 Å². The Balaban J connectivity index is 2.15. The zero-order chi connectivity index (χ0) is 21.8. The van der Waals surface area contributed by atoms with Gasteiger partial charge in [0, 0.05) is 40.7 Å². The van der Waals surface area contributed by atoms with Crippen LogP contribution in [0.2, 0.25) is 0 Å². The number of benzene rings is 1. The summed E-state index contributed by atoms with van der Waals surface area (Å²) in [6, 6.07) is 4.85. The molecule has 0 aliphatic heterocycles. The molecule has 0 radical (unpaired) electrons. The molecule has 1 heterocycles. The van der Waals surface area contributed by atoms with Gasteiger partial charge in [0.2, 0.25) is 10.0 Å². The molecule has 0 N–H and O–H groups in total. The topological polar surface area (TPSA) is 102 Å². The molecule has 0 unspecified atom stereocenters. The number of carbonyl (C=O) groups is 2. The minimum atomic E-state index is -3.57. The number of fused-ring (bicyclic) bond motifs is 1. The van der Waals surface area contributed by atoms with Crippen LogP contribution in [0.25, 0.3) is 11.0 Å².